The molecule has 4 aromatic rings. The maximum absolute atomic E-state index is 12.8. The Kier molecular flexibility index (Phi) is 7.20. The lowest BCUT2D eigenvalue weighted by molar-refractivity contribution is 0.151. The number of benzene rings is 1. The summed E-state index contributed by atoms with van der Waals surface area (Å²) in [5.74, 6) is 1.11. The van der Waals surface area contributed by atoms with Crippen LogP contribution in [0, 0.1) is 0 Å². The zero-order valence-corrected chi connectivity index (χ0v) is 22.6. The Morgan fingerprint density at radius 3 is 2.80 bits per heavy atom. The van der Waals surface area contributed by atoms with E-state index in [4.69, 9.17) is 20.9 Å². The molecule has 35 heavy (non-hydrogen) atoms. The summed E-state index contributed by atoms with van der Waals surface area (Å²) in [5, 5.41) is 8.24. The van der Waals surface area contributed by atoms with Crippen molar-refractivity contribution in [1.82, 2.24) is 19.9 Å². The average Bonchev–Trinajstić information content (AvgIpc) is 3.55. The summed E-state index contributed by atoms with van der Waals surface area (Å²) < 4.78 is 14.9. The second-order valence-electron chi connectivity index (χ2n) is 8.97. The summed E-state index contributed by atoms with van der Waals surface area (Å²) in [6.45, 7) is 6.73. The van der Waals surface area contributed by atoms with Gasteiger partial charge in [-0.05, 0) is 51.0 Å². The topological polar surface area (TPSA) is 72.5 Å². The molecule has 1 amide bonds. The SMILES string of the molecule is CC(C)N1CCC(NC(=O)Oc2cc3c(Br)cccc3n2Cc2cc(-c3ccc(Cl)s3)on2)CC1. The number of nitrogens with zero attached hydrogens (tertiary/aromatic N) is 3. The van der Waals surface area contributed by atoms with E-state index >= 15 is 0 Å². The molecule has 1 aromatic carbocycles. The number of rotatable bonds is 6. The number of halogens is 2. The molecular weight excluding hydrogens is 552 g/mol. The van der Waals surface area contributed by atoms with Crippen LogP contribution in [0.15, 0.2) is 51.5 Å². The first-order chi connectivity index (χ1) is 16.9. The van der Waals surface area contributed by atoms with Crippen LogP contribution in [-0.4, -0.2) is 45.9 Å². The number of thiophene rings is 1. The van der Waals surface area contributed by atoms with Gasteiger partial charge < -0.3 is 24.0 Å². The highest BCUT2D eigenvalue weighted by molar-refractivity contribution is 9.10. The molecule has 4 heterocycles. The van der Waals surface area contributed by atoms with Crippen molar-refractivity contribution in [2.24, 2.45) is 0 Å². The number of carbonyl (C=O) groups excluding carboxylic acids is 1. The van der Waals surface area contributed by atoms with Gasteiger partial charge in [-0.15, -0.1) is 11.3 Å². The quantitative estimate of drug-likeness (QED) is 0.273. The van der Waals surface area contributed by atoms with Crippen molar-refractivity contribution in [3.05, 3.63) is 57.0 Å². The van der Waals surface area contributed by atoms with Crippen LogP contribution in [-0.2, 0) is 6.54 Å². The summed E-state index contributed by atoms with van der Waals surface area (Å²) in [7, 11) is 0. The van der Waals surface area contributed by atoms with Gasteiger partial charge in [-0.25, -0.2) is 4.79 Å². The Morgan fingerprint density at radius 1 is 1.29 bits per heavy atom. The Morgan fingerprint density at radius 2 is 2.09 bits per heavy atom. The minimum atomic E-state index is -0.442. The van der Waals surface area contributed by atoms with Gasteiger partial charge in [0.05, 0.1) is 21.3 Å². The normalized spacial score (nSPS) is 15.2. The van der Waals surface area contributed by atoms with Crippen molar-refractivity contribution < 1.29 is 14.1 Å². The molecule has 1 aliphatic rings. The zero-order chi connectivity index (χ0) is 24.5. The van der Waals surface area contributed by atoms with Crippen LogP contribution >= 0.6 is 38.9 Å². The van der Waals surface area contributed by atoms with Crippen molar-refractivity contribution in [3.63, 3.8) is 0 Å². The number of carbonyl (C=O) groups is 1. The third-order valence-corrected chi connectivity index (χ3v) is 8.27. The van der Waals surface area contributed by atoms with Gasteiger partial charge in [-0.1, -0.05) is 38.8 Å². The minimum absolute atomic E-state index is 0.109. The number of ether oxygens (including phenoxy) is 1. The van der Waals surface area contributed by atoms with Crippen LogP contribution in [0.5, 0.6) is 5.88 Å². The molecule has 0 radical (unpaired) electrons. The molecule has 0 bridgehead atoms. The van der Waals surface area contributed by atoms with Gasteiger partial charge >= 0.3 is 6.09 Å². The Bertz CT molecular complexity index is 1340. The first-order valence-corrected chi connectivity index (χ1v) is 13.6. The van der Waals surface area contributed by atoms with E-state index in [0.29, 0.717) is 34.3 Å². The van der Waals surface area contributed by atoms with Gasteiger partial charge in [0, 0.05) is 47.2 Å². The lowest BCUT2D eigenvalue weighted by Crippen LogP contribution is -2.47. The average molecular weight is 578 g/mol. The van der Waals surface area contributed by atoms with Crippen LogP contribution in [0.25, 0.3) is 21.5 Å². The summed E-state index contributed by atoms with van der Waals surface area (Å²) in [5.41, 5.74) is 1.64. The van der Waals surface area contributed by atoms with E-state index in [9.17, 15) is 4.79 Å². The molecule has 1 saturated heterocycles. The molecule has 184 valence electrons. The van der Waals surface area contributed by atoms with Gasteiger partial charge in [0.25, 0.3) is 0 Å². The predicted molar refractivity (Wildman–Crippen MR) is 142 cm³/mol. The number of amides is 1. The number of piperidine rings is 1. The molecular formula is C25H26BrClN4O3S. The third-order valence-electron chi connectivity index (χ3n) is 6.33. The number of likely N-dealkylation sites (tertiary alicyclic amines) is 1. The summed E-state index contributed by atoms with van der Waals surface area (Å²) in [6, 6.07) is 14.0. The van der Waals surface area contributed by atoms with Gasteiger partial charge in [0.2, 0.25) is 5.88 Å². The fourth-order valence-electron chi connectivity index (χ4n) is 4.43. The van der Waals surface area contributed by atoms with Crippen LogP contribution in [0.3, 0.4) is 0 Å². The van der Waals surface area contributed by atoms with E-state index in [0.717, 1.165) is 46.2 Å². The van der Waals surface area contributed by atoms with Crippen LogP contribution in [0.2, 0.25) is 4.34 Å². The van der Waals surface area contributed by atoms with E-state index in [1.165, 1.54) is 11.3 Å². The number of fused-ring (bicyclic) bond motifs is 1. The van der Waals surface area contributed by atoms with Crippen molar-refractivity contribution in [1.29, 1.82) is 0 Å². The highest BCUT2D eigenvalue weighted by Crippen LogP contribution is 2.34. The zero-order valence-electron chi connectivity index (χ0n) is 19.5. The van der Waals surface area contributed by atoms with Gasteiger partial charge in [0.1, 0.15) is 5.69 Å². The largest absolute Gasteiger partial charge is 0.414 e. The molecule has 10 heteroatoms. The molecule has 1 aliphatic heterocycles. The van der Waals surface area contributed by atoms with Crippen LogP contribution in [0.4, 0.5) is 4.79 Å². The van der Waals surface area contributed by atoms with E-state index < -0.39 is 6.09 Å². The molecule has 0 spiro atoms. The maximum atomic E-state index is 12.8. The van der Waals surface area contributed by atoms with Crippen molar-refractivity contribution >= 4 is 55.9 Å². The number of nitrogens with one attached hydrogen (secondary N) is 1. The molecule has 0 saturated carbocycles. The highest BCUT2D eigenvalue weighted by atomic mass is 79.9. The van der Waals surface area contributed by atoms with Crippen molar-refractivity contribution in [2.75, 3.05) is 13.1 Å². The molecule has 0 atom stereocenters. The summed E-state index contributed by atoms with van der Waals surface area (Å²) in [4.78, 5) is 16.2. The smallest absolute Gasteiger partial charge is 0.393 e. The second kappa shape index (κ2) is 10.3. The van der Waals surface area contributed by atoms with Crippen LogP contribution in [0.1, 0.15) is 32.4 Å². The lowest BCUT2D eigenvalue weighted by atomic mass is 10.0. The third kappa shape index (κ3) is 5.43. The molecule has 0 aliphatic carbocycles. The molecule has 7 nitrogen and oxygen atoms in total. The Hall–Kier alpha value is -2.33. The number of hydrogen-bond donors (Lipinski definition) is 1. The standard InChI is InChI=1S/C25H26BrClN4O3S/c1-15(2)30-10-8-16(9-11-30)28-25(32)33-24-13-18-19(26)4-3-5-20(18)31(24)14-17-12-21(34-29-17)22-6-7-23(27)35-22/h3-7,12-13,15-16H,8-11,14H2,1-2H3,(H,28,32). The van der Waals surface area contributed by atoms with Gasteiger partial charge in [0.15, 0.2) is 5.76 Å². The number of hydrogen-bond acceptors (Lipinski definition) is 6. The van der Waals surface area contributed by atoms with Crippen LogP contribution < -0.4 is 10.1 Å². The lowest BCUT2D eigenvalue weighted by Gasteiger charge is -2.34. The summed E-state index contributed by atoms with van der Waals surface area (Å²) >= 11 is 11.1. The van der Waals surface area contributed by atoms with E-state index in [1.54, 1.807) is 0 Å². The highest BCUT2D eigenvalue weighted by Gasteiger charge is 2.24. The van der Waals surface area contributed by atoms with Crippen molar-refractivity contribution in [2.45, 2.75) is 45.3 Å². The molecule has 1 fully saturated rings. The summed E-state index contributed by atoms with van der Waals surface area (Å²) in [6.07, 6.45) is 1.38. The molecule has 0 unspecified atom stereocenters. The Balaban J connectivity index is 1.35. The fraction of sp³-hybridized carbons (Fsp3) is 0.360. The van der Waals surface area contributed by atoms with E-state index in [2.05, 4.69) is 45.2 Å². The molecule has 1 N–H and O–H groups in total. The van der Waals surface area contributed by atoms with Crippen molar-refractivity contribution in [3.8, 4) is 16.5 Å². The monoisotopic (exact) mass is 576 g/mol. The first kappa shape index (κ1) is 24.4. The Labute approximate surface area is 221 Å². The predicted octanol–water partition coefficient (Wildman–Crippen LogP) is 6.78. The van der Waals surface area contributed by atoms with Gasteiger partial charge in [-0.2, -0.15) is 0 Å². The van der Waals surface area contributed by atoms with E-state index in [1.807, 2.05) is 47.0 Å². The second-order valence-corrected chi connectivity index (χ2v) is 11.5. The minimum Gasteiger partial charge on any atom is -0.393 e. The van der Waals surface area contributed by atoms with Gasteiger partial charge in [-0.3, -0.25) is 0 Å². The van der Waals surface area contributed by atoms with E-state index in [-0.39, 0.29) is 6.04 Å². The first-order valence-electron chi connectivity index (χ1n) is 11.6. The molecule has 3 aromatic heterocycles. The fourth-order valence-corrected chi connectivity index (χ4v) is 5.90. The molecule has 5 rings (SSSR count). The maximum Gasteiger partial charge on any atom is 0.414 e. The number of aromatic nitrogens is 2.